The summed E-state index contributed by atoms with van der Waals surface area (Å²) in [6.45, 7) is 3.98. The molecule has 0 spiro atoms. The molecule has 2 heterocycles. The van der Waals surface area contributed by atoms with E-state index in [1.54, 1.807) is 0 Å². The molecule has 0 bridgehead atoms. The van der Waals surface area contributed by atoms with Crippen molar-refractivity contribution in [2.75, 3.05) is 26.2 Å². The summed E-state index contributed by atoms with van der Waals surface area (Å²) in [6.07, 6.45) is 2.58. The molecule has 3 aromatic rings. The average Bonchev–Trinajstić information content (AvgIpc) is 3.08. The molecular formula is C19H20N2O2. The van der Waals surface area contributed by atoms with Gasteiger partial charge in [-0.3, -0.25) is 9.69 Å². The van der Waals surface area contributed by atoms with Gasteiger partial charge in [-0.1, -0.05) is 24.3 Å². The summed E-state index contributed by atoms with van der Waals surface area (Å²) in [5.41, 5.74) is 0.773. The number of fused-ring (bicyclic) bond motifs is 3. The molecule has 2 aromatic carbocycles. The van der Waals surface area contributed by atoms with Crippen LogP contribution in [0, 0.1) is 0 Å². The van der Waals surface area contributed by atoms with Crippen LogP contribution in [0.2, 0.25) is 0 Å². The third-order valence-corrected chi connectivity index (χ3v) is 4.58. The molecule has 4 nitrogen and oxygen atoms in total. The van der Waals surface area contributed by atoms with Crippen molar-refractivity contribution < 1.29 is 4.74 Å². The summed E-state index contributed by atoms with van der Waals surface area (Å²) in [5.74, 6) is 0.842. The molecule has 1 saturated heterocycles. The van der Waals surface area contributed by atoms with Crippen LogP contribution < -0.4 is 10.3 Å². The minimum absolute atomic E-state index is 0.0534. The SMILES string of the molecule is O=c1[nH]c2cccc(OCCN3CCCC3)c2c2ccccc12. The number of rotatable bonds is 4. The monoisotopic (exact) mass is 308 g/mol. The lowest BCUT2D eigenvalue weighted by Gasteiger charge is -2.16. The third kappa shape index (κ3) is 2.70. The quantitative estimate of drug-likeness (QED) is 0.753. The van der Waals surface area contributed by atoms with Gasteiger partial charge in [0.15, 0.2) is 0 Å². The van der Waals surface area contributed by atoms with Crippen molar-refractivity contribution in [3.63, 3.8) is 0 Å². The van der Waals surface area contributed by atoms with Crippen molar-refractivity contribution in [1.29, 1.82) is 0 Å². The lowest BCUT2D eigenvalue weighted by molar-refractivity contribution is 0.239. The maximum absolute atomic E-state index is 12.2. The Hall–Kier alpha value is -2.33. The van der Waals surface area contributed by atoms with Gasteiger partial charge in [-0.15, -0.1) is 0 Å². The highest BCUT2D eigenvalue weighted by molar-refractivity contribution is 6.08. The first-order chi connectivity index (χ1) is 11.3. The number of aromatic amines is 1. The minimum Gasteiger partial charge on any atom is -0.492 e. The minimum atomic E-state index is -0.0534. The average molecular weight is 308 g/mol. The molecule has 1 aliphatic heterocycles. The summed E-state index contributed by atoms with van der Waals surface area (Å²) in [6, 6.07) is 13.5. The van der Waals surface area contributed by atoms with Crippen LogP contribution in [0.3, 0.4) is 0 Å². The number of benzene rings is 2. The summed E-state index contributed by atoms with van der Waals surface area (Å²) < 4.78 is 6.07. The molecule has 4 heteroatoms. The number of pyridine rings is 1. The van der Waals surface area contributed by atoms with E-state index in [0.29, 0.717) is 12.0 Å². The molecule has 4 rings (SSSR count). The van der Waals surface area contributed by atoms with Crippen molar-refractivity contribution in [3.8, 4) is 5.75 Å². The van der Waals surface area contributed by atoms with Crippen LogP contribution in [0.5, 0.6) is 5.75 Å². The van der Waals surface area contributed by atoms with E-state index in [9.17, 15) is 4.79 Å². The maximum Gasteiger partial charge on any atom is 0.256 e. The number of aromatic nitrogens is 1. The van der Waals surface area contributed by atoms with Crippen LogP contribution >= 0.6 is 0 Å². The fourth-order valence-electron chi connectivity index (χ4n) is 3.41. The van der Waals surface area contributed by atoms with E-state index in [1.165, 1.54) is 25.9 Å². The predicted octanol–water partition coefficient (Wildman–Crippen LogP) is 3.16. The van der Waals surface area contributed by atoms with Gasteiger partial charge < -0.3 is 9.72 Å². The lowest BCUT2D eigenvalue weighted by Crippen LogP contribution is -2.25. The number of likely N-dealkylation sites (tertiary alicyclic amines) is 1. The van der Waals surface area contributed by atoms with Crippen LogP contribution in [-0.2, 0) is 0 Å². The fourth-order valence-corrected chi connectivity index (χ4v) is 3.41. The smallest absolute Gasteiger partial charge is 0.256 e. The van der Waals surface area contributed by atoms with Gasteiger partial charge in [-0.05, 0) is 44.1 Å². The van der Waals surface area contributed by atoms with Gasteiger partial charge in [0.2, 0.25) is 0 Å². The number of H-pyrrole nitrogens is 1. The van der Waals surface area contributed by atoms with Gasteiger partial charge in [0.1, 0.15) is 12.4 Å². The Kier molecular flexibility index (Phi) is 3.75. The van der Waals surface area contributed by atoms with Crippen LogP contribution in [0.15, 0.2) is 47.3 Å². The van der Waals surface area contributed by atoms with E-state index in [4.69, 9.17) is 4.74 Å². The predicted molar refractivity (Wildman–Crippen MR) is 93.2 cm³/mol. The van der Waals surface area contributed by atoms with Gasteiger partial charge in [0.25, 0.3) is 5.56 Å². The molecule has 1 aliphatic rings. The first-order valence-electron chi connectivity index (χ1n) is 8.22. The van der Waals surface area contributed by atoms with Crippen LogP contribution in [0.25, 0.3) is 21.7 Å². The van der Waals surface area contributed by atoms with Gasteiger partial charge >= 0.3 is 0 Å². The lowest BCUT2D eigenvalue weighted by atomic mass is 10.1. The number of nitrogens with zero attached hydrogens (tertiary/aromatic N) is 1. The zero-order chi connectivity index (χ0) is 15.6. The summed E-state index contributed by atoms with van der Waals surface area (Å²) in [7, 11) is 0. The number of hydrogen-bond acceptors (Lipinski definition) is 3. The van der Waals surface area contributed by atoms with Crippen LogP contribution in [-0.4, -0.2) is 36.1 Å². The topological polar surface area (TPSA) is 45.3 Å². The zero-order valence-electron chi connectivity index (χ0n) is 13.0. The molecule has 1 aromatic heterocycles. The summed E-state index contributed by atoms with van der Waals surface area (Å²) >= 11 is 0. The highest BCUT2D eigenvalue weighted by Gasteiger charge is 2.12. The molecule has 0 unspecified atom stereocenters. The molecule has 0 saturated carbocycles. The first kappa shape index (κ1) is 14.3. The van der Waals surface area contributed by atoms with Crippen LogP contribution in [0.4, 0.5) is 0 Å². The second kappa shape index (κ2) is 6.05. The molecular weight excluding hydrogens is 288 g/mol. The van der Waals surface area contributed by atoms with Gasteiger partial charge in [0, 0.05) is 22.7 Å². The van der Waals surface area contributed by atoms with E-state index in [-0.39, 0.29) is 5.56 Å². The molecule has 0 aliphatic carbocycles. The van der Waals surface area contributed by atoms with Crippen LogP contribution in [0.1, 0.15) is 12.8 Å². The number of nitrogens with one attached hydrogen (secondary N) is 1. The van der Waals surface area contributed by atoms with Gasteiger partial charge in [-0.25, -0.2) is 0 Å². The normalized spacial score (nSPS) is 15.5. The van der Waals surface area contributed by atoms with Gasteiger partial charge in [0.05, 0.1) is 5.52 Å². The Labute approximate surface area is 134 Å². The highest BCUT2D eigenvalue weighted by atomic mass is 16.5. The fraction of sp³-hybridized carbons (Fsp3) is 0.316. The zero-order valence-corrected chi connectivity index (χ0v) is 13.0. The van der Waals surface area contributed by atoms with E-state index >= 15 is 0 Å². The highest BCUT2D eigenvalue weighted by Crippen LogP contribution is 2.30. The molecule has 1 N–H and O–H groups in total. The first-order valence-corrected chi connectivity index (χ1v) is 8.22. The summed E-state index contributed by atoms with van der Waals surface area (Å²) in [5, 5.41) is 2.64. The second-order valence-electron chi connectivity index (χ2n) is 6.08. The Morgan fingerprint density at radius 3 is 2.61 bits per heavy atom. The van der Waals surface area contributed by atoms with E-state index in [0.717, 1.165) is 28.6 Å². The maximum atomic E-state index is 12.2. The van der Waals surface area contributed by atoms with E-state index in [1.807, 2.05) is 42.5 Å². The van der Waals surface area contributed by atoms with Crippen molar-refractivity contribution in [2.45, 2.75) is 12.8 Å². The molecule has 0 radical (unpaired) electrons. The molecule has 0 atom stereocenters. The van der Waals surface area contributed by atoms with E-state index < -0.39 is 0 Å². The molecule has 0 amide bonds. The number of hydrogen-bond donors (Lipinski definition) is 1. The molecule has 118 valence electrons. The standard InChI is InChI=1S/C19H20N2O2/c22-19-15-7-2-1-6-14(15)18-16(20-19)8-5-9-17(18)23-13-12-21-10-3-4-11-21/h1-2,5-9H,3-4,10-13H2,(H,20,22). The van der Waals surface area contributed by atoms with Crippen molar-refractivity contribution in [3.05, 3.63) is 52.8 Å². The Balaban J connectivity index is 1.71. The Bertz CT molecular complexity index is 895. The number of ether oxygens (including phenoxy) is 1. The van der Waals surface area contributed by atoms with E-state index in [2.05, 4.69) is 9.88 Å². The molecule has 1 fully saturated rings. The van der Waals surface area contributed by atoms with Crippen molar-refractivity contribution in [2.24, 2.45) is 0 Å². The second-order valence-corrected chi connectivity index (χ2v) is 6.08. The van der Waals surface area contributed by atoms with Crippen molar-refractivity contribution in [1.82, 2.24) is 9.88 Å². The largest absolute Gasteiger partial charge is 0.492 e. The molecule has 23 heavy (non-hydrogen) atoms. The summed E-state index contributed by atoms with van der Waals surface area (Å²) in [4.78, 5) is 17.6. The third-order valence-electron chi connectivity index (χ3n) is 4.58. The van der Waals surface area contributed by atoms with Gasteiger partial charge in [-0.2, -0.15) is 0 Å². The van der Waals surface area contributed by atoms with Crippen molar-refractivity contribution >= 4 is 21.7 Å². The Morgan fingerprint density at radius 2 is 1.78 bits per heavy atom. The Morgan fingerprint density at radius 1 is 1.00 bits per heavy atom.